The molecule has 0 amide bonds. The molecule has 0 saturated carbocycles. The molecule has 0 spiro atoms. The number of methoxy groups -OCH3 is 3. The fraction of sp³-hybridized carbons (Fsp3) is 0.212. The molecule has 41 heavy (non-hydrogen) atoms. The van der Waals surface area contributed by atoms with Gasteiger partial charge in [0.05, 0.1) is 25.3 Å². The molecule has 1 aliphatic rings. The van der Waals surface area contributed by atoms with Gasteiger partial charge >= 0.3 is 11.9 Å². The van der Waals surface area contributed by atoms with Crippen LogP contribution in [0.2, 0.25) is 0 Å². The molecule has 8 nitrogen and oxygen atoms in total. The van der Waals surface area contributed by atoms with E-state index in [4.69, 9.17) is 23.7 Å². The van der Waals surface area contributed by atoms with Gasteiger partial charge in [-0.3, -0.25) is 0 Å². The van der Waals surface area contributed by atoms with Crippen LogP contribution in [0.3, 0.4) is 0 Å². The molecule has 0 aromatic heterocycles. The number of carbonyl (C=O) groups excluding carboxylic acids is 1. The van der Waals surface area contributed by atoms with Gasteiger partial charge in [0.25, 0.3) is 0 Å². The third kappa shape index (κ3) is 4.87. The molecule has 0 fully saturated rings. The van der Waals surface area contributed by atoms with Gasteiger partial charge in [-0.25, -0.2) is 9.59 Å². The summed E-state index contributed by atoms with van der Waals surface area (Å²) in [6.45, 7) is 3.39. The molecule has 4 aromatic carbocycles. The van der Waals surface area contributed by atoms with Crippen LogP contribution in [0, 0.1) is 6.92 Å². The van der Waals surface area contributed by atoms with Crippen molar-refractivity contribution in [3.8, 4) is 17.2 Å². The van der Waals surface area contributed by atoms with Crippen molar-refractivity contribution < 1.29 is 38.4 Å². The SMILES string of the molecule is COc1ccc(C2(c3ccc(OC)cc3)C=Cc3c(C(=O)OC(C)OC)c(C)c4cc(C(=O)O)ccc4c3O2)cc1. The van der Waals surface area contributed by atoms with Crippen LogP contribution in [-0.4, -0.2) is 44.7 Å². The van der Waals surface area contributed by atoms with Gasteiger partial charge in [-0.15, -0.1) is 0 Å². The Morgan fingerprint density at radius 1 is 0.854 bits per heavy atom. The molecule has 8 heteroatoms. The van der Waals surface area contributed by atoms with E-state index in [0.29, 0.717) is 39.1 Å². The van der Waals surface area contributed by atoms with Crippen molar-refractivity contribution in [2.45, 2.75) is 25.7 Å². The Kier molecular flexibility index (Phi) is 7.43. The second-order valence-corrected chi connectivity index (χ2v) is 9.65. The van der Waals surface area contributed by atoms with E-state index in [1.807, 2.05) is 60.7 Å². The molecular formula is C33H30O8. The first-order chi connectivity index (χ1) is 19.7. The highest BCUT2D eigenvalue weighted by molar-refractivity contribution is 6.08. The molecule has 210 valence electrons. The van der Waals surface area contributed by atoms with Crippen LogP contribution in [0.15, 0.2) is 72.8 Å². The first-order valence-electron chi connectivity index (χ1n) is 13.0. The zero-order chi connectivity index (χ0) is 29.3. The monoisotopic (exact) mass is 554 g/mol. The van der Waals surface area contributed by atoms with E-state index < -0.39 is 23.8 Å². The van der Waals surface area contributed by atoms with Gasteiger partial charge in [0.1, 0.15) is 17.2 Å². The summed E-state index contributed by atoms with van der Waals surface area (Å²) in [5, 5.41) is 10.9. The maximum atomic E-state index is 13.5. The van der Waals surface area contributed by atoms with Crippen molar-refractivity contribution in [3.63, 3.8) is 0 Å². The van der Waals surface area contributed by atoms with Crippen LogP contribution < -0.4 is 14.2 Å². The number of carboxylic acid groups (broad SMARTS) is 1. The molecule has 0 aliphatic carbocycles. The first kappa shape index (κ1) is 27.7. The fourth-order valence-electron chi connectivity index (χ4n) is 5.12. The van der Waals surface area contributed by atoms with Gasteiger partial charge in [0.15, 0.2) is 11.9 Å². The molecule has 0 bridgehead atoms. The van der Waals surface area contributed by atoms with Crippen molar-refractivity contribution in [3.05, 3.63) is 106 Å². The van der Waals surface area contributed by atoms with Gasteiger partial charge < -0.3 is 28.8 Å². The molecule has 0 radical (unpaired) electrons. The number of aryl methyl sites for hydroxylation is 1. The Morgan fingerprint density at radius 2 is 1.44 bits per heavy atom. The van der Waals surface area contributed by atoms with Gasteiger partial charge in [-0.05, 0) is 79.4 Å². The van der Waals surface area contributed by atoms with E-state index in [-0.39, 0.29) is 11.1 Å². The minimum Gasteiger partial charge on any atom is -0.497 e. The maximum Gasteiger partial charge on any atom is 0.341 e. The number of carbonyl (C=O) groups is 2. The van der Waals surface area contributed by atoms with E-state index in [0.717, 1.165) is 11.1 Å². The molecule has 1 unspecified atom stereocenters. The minimum absolute atomic E-state index is 0.0908. The second-order valence-electron chi connectivity index (χ2n) is 9.65. The fourth-order valence-corrected chi connectivity index (χ4v) is 5.12. The zero-order valence-corrected chi connectivity index (χ0v) is 23.4. The maximum absolute atomic E-state index is 13.5. The Morgan fingerprint density at radius 3 is 1.95 bits per heavy atom. The average molecular weight is 555 g/mol. The highest BCUT2D eigenvalue weighted by Gasteiger charge is 2.40. The summed E-state index contributed by atoms with van der Waals surface area (Å²) in [5.41, 5.74) is 2.01. The zero-order valence-electron chi connectivity index (χ0n) is 23.4. The summed E-state index contributed by atoms with van der Waals surface area (Å²) in [6, 6.07) is 19.9. The lowest BCUT2D eigenvalue weighted by Crippen LogP contribution is -2.35. The number of hydrogen-bond donors (Lipinski definition) is 1. The highest BCUT2D eigenvalue weighted by Crippen LogP contribution is 2.48. The number of aromatic carboxylic acids is 1. The molecule has 4 aromatic rings. The topological polar surface area (TPSA) is 101 Å². The summed E-state index contributed by atoms with van der Waals surface area (Å²) in [4.78, 5) is 25.3. The highest BCUT2D eigenvalue weighted by atomic mass is 16.7. The Labute approximate surface area is 237 Å². The standard InChI is InChI=1S/C33H30O8/c1-19-28-18-21(31(34)35)6-15-26(28)30-27(29(19)32(36)40-20(2)37-3)16-17-33(41-30,22-7-11-24(38-4)12-8-22)23-9-13-25(39-5)14-10-23/h6-18,20H,1-5H3,(H,34,35). The van der Waals surface area contributed by atoms with Crippen molar-refractivity contribution in [1.29, 1.82) is 0 Å². The summed E-state index contributed by atoms with van der Waals surface area (Å²) in [5.74, 6) is 0.128. The van der Waals surface area contributed by atoms with E-state index in [1.54, 1.807) is 40.2 Å². The first-order valence-corrected chi connectivity index (χ1v) is 13.0. The van der Waals surface area contributed by atoms with Crippen LogP contribution >= 0.6 is 0 Å². The third-order valence-corrected chi connectivity index (χ3v) is 7.40. The molecule has 1 atom stereocenters. The number of esters is 1. The minimum atomic E-state index is -1.10. The van der Waals surface area contributed by atoms with Crippen molar-refractivity contribution >= 4 is 28.8 Å². The molecule has 1 N–H and O–H groups in total. The van der Waals surface area contributed by atoms with Crippen LogP contribution in [0.25, 0.3) is 16.8 Å². The molecular weight excluding hydrogens is 524 g/mol. The van der Waals surface area contributed by atoms with Crippen LogP contribution in [0.1, 0.15) is 49.9 Å². The molecule has 1 aliphatic heterocycles. The van der Waals surface area contributed by atoms with Gasteiger partial charge in [0, 0.05) is 29.2 Å². The van der Waals surface area contributed by atoms with Crippen LogP contribution in [-0.2, 0) is 15.1 Å². The van der Waals surface area contributed by atoms with E-state index >= 15 is 0 Å². The molecule has 5 rings (SSSR count). The number of hydrogen-bond acceptors (Lipinski definition) is 7. The quantitative estimate of drug-likeness (QED) is 0.198. The lowest BCUT2D eigenvalue weighted by atomic mass is 9.82. The average Bonchev–Trinajstić information content (AvgIpc) is 3.00. The summed E-state index contributed by atoms with van der Waals surface area (Å²) < 4.78 is 28.4. The Balaban J connectivity index is 1.79. The largest absolute Gasteiger partial charge is 0.497 e. The van der Waals surface area contributed by atoms with Crippen molar-refractivity contribution in [2.75, 3.05) is 21.3 Å². The normalized spacial score (nSPS) is 14.1. The Bertz CT molecular complexity index is 1600. The number of ether oxygens (including phenoxy) is 5. The summed E-state index contributed by atoms with van der Waals surface area (Å²) >= 11 is 0. The van der Waals surface area contributed by atoms with Crippen molar-refractivity contribution in [1.82, 2.24) is 0 Å². The lowest BCUT2D eigenvalue weighted by molar-refractivity contribution is -0.0774. The Hall–Kier alpha value is -4.82. The van der Waals surface area contributed by atoms with Crippen molar-refractivity contribution in [2.24, 2.45) is 0 Å². The second kappa shape index (κ2) is 11.0. The number of rotatable bonds is 8. The lowest BCUT2D eigenvalue weighted by Gasteiger charge is -2.37. The summed E-state index contributed by atoms with van der Waals surface area (Å²) in [7, 11) is 4.65. The van der Waals surface area contributed by atoms with E-state index in [2.05, 4.69) is 0 Å². The third-order valence-electron chi connectivity index (χ3n) is 7.40. The van der Waals surface area contributed by atoms with Crippen LogP contribution in [0.4, 0.5) is 0 Å². The van der Waals surface area contributed by atoms with E-state index in [1.165, 1.54) is 13.2 Å². The predicted octanol–water partition coefficient (Wildman–Crippen LogP) is 6.36. The van der Waals surface area contributed by atoms with Gasteiger partial charge in [0.2, 0.25) is 0 Å². The number of benzene rings is 4. The van der Waals surface area contributed by atoms with Gasteiger partial charge in [-0.2, -0.15) is 0 Å². The number of carboxylic acids is 1. The predicted molar refractivity (Wildman–Crippen MR) is 154 cm³/mol. The van der Waals surface area contributed by atoms with E-state index in [9.17, 15) is 14.7 Å². The summed E-state index contributed by atoms with van der Waals surface area (Å²) in [6.07, 6.45) is 2.98. The van der Waals surface area contributed by atoms with Gasteiger partial charge in [-0.1, -0.05) is 24.3 Å². The smallest absolute Gasteiger partial charge is 0.341 e. The van der Waals surface area contributed by atoms with Crippen LogP contribution in [0.5, 0.6) is 17.2 Å². The molecule has 0 saturated heterocycles. The number of fused-ring (bicyclic) bond motifs is 3. The molecule has 1 heterocycles.